The average molecular weight is 384 g/mol. The predicted octanol–water partition coefficient (Wildman–Crippen LogP) is 1.87. The van der Waals surface area contributed by atoms with Gasteiger partial charge in [0.15, 0.2) is 5.82 Å². The van der Waals surface area contributed by atoms with Gasteiger partial charge in [-0.3, -0.25) is 9.89 Å². The average Bonchev–Trinajstić information content (AvgIpc) is 3.25. The molecule has 1 saturated heterocycles. The standard InChI is InChI=1S/C16H25N7O2.ClH/c1-9(2)6-12(20-15(24)11-4-5-17-10(3)7-11)16-21-14(23-25-16)13-18-8-19-22-13;/h8-12,17H,4-7H2,1-3H3,(H,20,24)(H,18,19,22);1H/t10-,11-,12?;/m0./s1. The summed E-state index contributed by atoms with van der Waals surface area (Å²) < 4.78 is 5.38. The second-order valence-corrected chi connectivity index (χ2v) is 7.06. The third-order valence-electron chi connectivity index (χ3n) is 4.38. The minimum atomic E-state index is -0.304. The Morgan fingerprint density at radius 1 is 1.46 bits per heavy atom. The van der Waals surface area contributed by atoms with Crippen LogP contribution in [0.25, 0.3) is 11.6 Å². The molecule has 1 aliphatic rings. The zero-order valence-electron chi connectivity index (χ0n) is 15.2. The van der Waals surface area contributed by atoms with Crippen molar-refractivity contribution in [3.05, 3.63) is 12.2 Å². The molecule has 2 aromatic rings. The van der Waals surface area contributed by atoms with Crippen LogP contribution in [0.1, 0.15) is 52.0 Å². The van der Waals surface area contributed by atoms with Crippen molar-refractivity contribution in [3.8, 4) is 11.6 Å². The number of nitrogens with one attached hydrogen (secondary N) is 3. The summed E-state index contributed by atoms with van der Waals surface area (Å²) in [6.45, 7) is 7.16. The monoisotopic (exact) mass is 383 g/mol. The van der Waals surface area contributed by atoms with Crippen molar-refractivity contribution < 1.29 is 9.32 Å². The van der Waals surface area contributed by atoms with Crippen molar-refractivity contribution in [1.82, 2.24) is 36.0 Å². The van der Waals surface area contributed by atoms with Gasteiger partial charge in [-0.05, 0) is 38.6 Å². The molecule has 0 aliphatic carbocycles. The fourth-order valence-corrected chi connectivity index (χ4v) is 3.14. The number of piperidine rings is 1. The van der Waals surface area contributed by atoms with E-state index in [1.165, 1.54) is 6.33 Å². The van der Waals surface area contributed by atoms with E-state index in [0.717, 1.165) is 25.8 Å². The molecule has 9 nitrogen and oxygen atoms in total. The van der Waals surface area contributed by atoms with Gasteiger partial charge in [0, 0.05) is 12.0 Å². The largest absolute Gasteiger partial charge is 0.344 e. The smallest absolute Gasteiger partial charge is 0.249 e. The lowest BCUT2D eigenvalue weighted by molar-refractivity contribution is -0.127. The molecule has 0 bridgehead atoms. The van der Waals surface area contributed by atoms with E-state index in [4.69, 9.17) is 4.52 Å². The Balaban J connectivity index is 0.00000243. The van der Waals surface area contributed by atoms with Gasteiger partial charge in [-0.1, -0.05) is 19.0 Å². The summed E-state index contributed by atoms with van der Waals surface area (Å²) in [7, 11) is 0. The number of hydrogen-bond donors (Lipinski definition) is 3. The molecule has 1 amide bonds. The first kappa shape index (κ1) is 20.3. The van der Waals surface area contributed by atoms with E-state index in [-0.39, 0.29) is 30.3 Å². The van der Waals surface area contributed by atoms with Crippen molar-refractivity contribution >= 4 is 18.3 Å². The van der Waals surface area contributed by atoms with Crippen LogP contribution in [-0.4, -0.2) is 43.8 Å². The van der Waals surface area contributed by atoms with E-state index < -0.39 is 0 Å². The van der Waals surface area contributed by atoms with Gasteiger partial charge in [-0.15, -0.1) is 12.4 Å². The summed E-state index contributed by atoms with van der Waals surface area (Å²) in [6.07, 6.45) is 3.80. The molecule has 0 spiro atoms. The first-order chi connectivity index (χ1) is 12.0. The first-order valence-corrected chi connectivity index (χ1v) is 8.76. The van der Waals surface area contributed by atoms with Crippen LogP contribution in [0.5, 0.6) is 0 Å². The number of nitrogens with zero attached hydrogens (tertiary/aromatic N) is 4. The summed E-state index contributed by atoms with van der Waals surface area (Å²) in [5.41, 5.74) is 0. The summed E-state index contributed by atoms with van der Waals surface area (Å²) in [5, 5.41) is 16.9. The third-order valence-corrected chi connectivity index (χ3v) is 4.38. The zero-order chi connectivity index (χ0) is 17.8. The molecular formula is C16H26ClN7O2. The normalized spacial score (nSPS) is 21.2. The van der Waals surface area contributed by atoms with Crippen LogP contribution in [0.4, 0.5) is 0 Å². The number of aromatic amines is 1. The van der Waals surface area contributed by atoms with Gasteiger partial charge in [0.2, 0.25) is 17.6 Å². The van der Waals surface area contributed by atoms with Gasteiger partial charge in [0.05, 0.1) is 0 Å². The van der Waals surface area contributed by atoms with Gasteiger partial charge in [0.25, 0.3) is 0 Å². The van der Waals surface area contributed by atoms with Gasteiger partial charge >= 0.3 is 0 Å². The maximum atomic E-state index is 12.7. The molecule has 0 saturated carbocycles. The third kappa shape index (κ3) is 5.01. The molecule has 3 N–H and O–H groups in total. The molecule has 3 heterocycles. The Labute approximate surface area is 158 Å². The van der Waals surface area contributed by atoms with Crippen LogP contribution < -0.4 is 10.6 Å². The lowest BCUT2D eigenvalue weighted by Gasteiger charge is -2.28. The highest BCUT2D eigenvalue weighted by Crippen LogP contribution is 2.24. The first-order valence-electron chi connectivity index (χ1n) is 8.76. The summed E-state index contributed by atoms with van der Waals surface area (Å²) >= 11 is 0. The lowest BCUT2D eigenvalue weighted by atomic mass is 9.92. The maximum absolute atomic E-state index is 12.7. The molecule has 10 heteroatoms. The topological polar surface area (TPSA) is 122 Å². The molecule has 3 rings (SSSR count). The fraction of sp³-hybridized carbons (Fsp3) is 0.688. The summed E-state index contributed by atoms with van der Waals surface area (Å²) in [4.78, 5) is 21.1. The molecule has 0 radical (unpaired) electrons. The van der Waals surface area contributed by atoms with Gasteiger partial charge in [-0.2, -0.15) is 10.1 Å². The quantitative estimate of drug-likeness (QED) is 0.695. The number of halogens is 1. The highest BCUT2D eigenvalue weighted by atomic mass is 35.5. The molecule has 1 unspecified atom stereocenters. The van der Waals surface area contributed by atoms with Crippen molar-refractivity contribution in [3.63, 3.8) is 0 Å². The minimum Gasteiger partial charge on any atom is -0.344 e. The van der Waals surface area contributed by atoms with E-state index in [0.29, 0.717) is 29.5 Å². The minimum absolute atomic E-state index is 0. The molecule has 1 fully saturated rings. The Hall–Kier alpha value is -2.00. The van der Waals surface area contributed by atoms with E-state index in [1.54, 1.807) is 0 Å². The van der Waals surface area contributed by atoms with E-state index in [2.05, 4.69) is 56.7 Å². The molecule has 3 atom stereocenters. The number of carbonyl (C=O) groups excluding carboxylic acids is 1. The number of carbonyl (C=O) groups is 1. The highest BCUT2D eigenvalue weighted by molar-refractivity contribution is 5.85. The van der Waals surface area contributed by atoms with Gasteiger partial charge in [-0.25, -0.2) is 4.98 Å². The Morgan fingerprint density at radius 3 is 2.92 bits per heavy atom. The van der Waals surface area contributed by atoms with Gasteiger partial charge in [0.1, 0.15) is 12.4 Å². The predicted molar refractivity (Wildman–Crippen MR) is 97.5 cm³/mol. The second-order valence-electron chi connectivity index (χ2n) is 7.06. The molecule has 2 aromatic heterocycles. The Kier molecular flexibility index (Phi) is 7.10. The number of amides is 1. The van der Waals surface area contributed by atoms with E-state index in [9.17, 15) is 4.79 Å². The molecule has 0 aromatic carbocycles. The van der Waals surface area contributed by atoms with Crippen LogP contribution in [-0.2, 0) is 4.79 Å². The van der Waals surface area contributed by atoms with Crippen molar-refractivity contribution in [1.29, 1.82) is 0 Å². The van der Waals surface area contributed by atoms with Crippen LogP contribution in [0.3, 0.4) is 0 Å². The highest BCUT2D eigenvalue weighted by Gasteiger charge is 2.29. The lowest BCUT2D eigenvalue weighted by Crippen LogP contribution is -2.43. The zero-order valence-corrected chi connectivity index (χ0v) is 16.0. The van der Waals surface area contributed by atoms with Crippen molar-refractivity contribution in [2.75, 3.05) is 6.54 Å². The van der Waals surface area contributed by atoms with Crippen LogP contribution >= 0.6 is 12.4 Å². The van der Waals surface area contributed by atoms with Crippen molar-refractivity contribution in [2.24, 2.45) is 11.8 Å². The van der Waals surface area contributed by atoms with Crippen LogP contribution in [0, 0.1) is 11.8 Å². The van der Waals surface area contributed by atoms with Crippen LogP contribution in [0.2, 0.25) is 0 Å². The number of rotatable bonds is 6. The number of hydrogen-bond acceptors (Lipinski definition) is 7. The Bertz CT molecular complexity index is 689. The summed E-state index contributed by atoms with van der Waals surface area (Å²) in [5.74, 6) is 1.62. The van der Waals surface area contributed by atoms with Gasteiger partial charge < -0.3 is 15.2 Å². The molecule has 1 aliphatic heterocycles. The van der Waals surface area contributed by atoms with Crippen LogP contribution in [0.15, 0.2) is 10.9 Å². The van der Waals surface area contributed by atoms with E-state index in [1.807, 2.05) is 0 Å². The Morgan fingerprint density at radius 2 is 2.27 bits per heavy atom. The van der Waals surface area contributed by atoms with E-state index >= 15 is 0 Å². The summed E-state index contributed by atoms with van der Waals surface area (Å²) in [6, 6.07) is 0.0522. The SMILES string of the molecule is CC(C)CC(NC(=O)[C@H]1CCN[C@@H](C)C1)c1nc(-c2ncn[nH]2)no1.Cl. The maximum Gasteiger partial charge on any atom is 0.249 e. The number of aromatic nitrogens is 5. The fourth-order valence-electron chi connectivity index (χ4n) is 3.14. The second kappa shape index (κ2) is 9.09. The van der Waals surface area contributed by atoms with Crippen molar-refractivity contribution in [2.45, 2.75) is 52.1 Å². The molecule has 26 heavy (non-hydrogen) atoms. The molecular weight excluding hydrogens is 358 g/mol. The number of H-pyrrole nitrogens is 1. The molecule has 144 valence electrons.